The van der Waals surface area contributed by atoms with Gasteiger partial charge >= 0.3 is 0 Å². The maximum atomic E-state index is 13.2. The highest BCUT2D eigenvalue weighted by Crippen LogP contribution is 2.40. The summed E-state index contributed by atoms with van der Waals surface area (Å²) in [5, 5.41) is 0. The Morgan fingerprint density at radius 3 is 2.22 bits per heavy atom. The summed E-state index contributed by atoms with van der Waals surface area (Å²) in [4.78, 5) is 21.6. The van der Waals surface area contributed by atoms with E-state index in [-0.39, 0.29) is 10.8 Å². The minimum atomic E-state index is -3.88. The van der Waals surface area contributed by atoms with Crippen LogP contribution in [0.25, 0.3) is 0 Å². The molecular weight excluding hydrogens is 544 g/mol. The van der Waals surface area contributed by atoms with Crippen molar-refractivity contribution in [1.29, 1.82) is 0 Å². The standard InChI is InChI=1S/C30H36N4O6S/c1-6-31-27-21(2)8-7-9-26(27)41(36,37)32-24-13-10-22(11-14-24)30(35)34-18-16-33(17-19-34)20-23-12-15-25(38-3)29(40-5)28(23)39-4/h6-15,32H,16-20H2,1-5H3/b31-6-. The number of nitrogens with zero attached hydrogens (tertiary/aromatic N) is 3. The number of nitrogens with one attached hydrogen (secondary N) is 1. The number of piperazine rings is 1. The van der Waals surface area contributed by atoms with Gasteiger partial charge in [0.25, 0.3) is 15.9 Å². The molecule has 0 radical (unpaired) electrons. The van der Waals surface area contributed by atoms with Crippen LogP contribution >= 0.6 is 0 Å². The van der Waals surface area contributed by atoms with Gasteiger partial charge in [-0.3, -0.25) is 19.4 Å². The van der Waals surface area contributed by atoms with Gasteiger partial charge in [-0.1, -0.05) is 18.2 Å². The van der Waals surface area contributed by atoms with Gasteiger partial charge in [0.05, 0.1) is 27.0 Å². The Kier molecular flexibility index (Phi) is 9.51. The van der Waals surface area contributed by atoms with E-state index in [1.807, 2.05) is 30.0 Å². The van der Waals surface area contributed by atoms with Crippen LogP contribution in [0.2, 0.25) is 0 Å². The van der Waals surface area contributed by atoms with Crippen molar-refractivity contribution in [2.75, 3.05) is 52.2 Å². The Hall–Kier alpha value is -4.09. The molecule has 1 amide bonds. The molecule has 0 aromatic heterocycles. The van der Waals surface area contributed by atoms with Crippen LogP contribution in [-0.4, -0.2) is 77.8 Å². The second-order valence-electron chi connectivity index (χ2n) is 9.55. The summed E-state index contributed by atoms with van der Waals surface area (Å²) in [7, 11) is 0.898. The molecule has 0 atom stereocenters. The van der Waals surface area contributed by atoms with E-state index < -0.39 is 10.0 Å². The molecule has 0 saturated carbocycles. The van der Waals surface area contributed by atoms with Crippen LogP contribution in [0.1, 0.15) is 28.4 Å². The number of hydrogen-bond donors (Lipinski definition) is 1. The lowest BCUT2D eigenvalue weighted by Gasteiger charge is -2.35. The number of ether oxygens (including phenoxy) is 3. The summed E-state index contributed by atoms with van der Waals surface area (Å²) >= 11 is 0. The van der Waals surface area contributed by atoms with Gasteiger partial charge in [-0.05, 0) is 55.8 Å². The minimum absolute atomic E-state index is 0.0963. The zero-order valence-corrected chi connectivity index (χ0v) is 24.8. The molecular formula is C30H36N4O6S. The Bertz CT molecular complexity index is 1510. The lowest BCUT2D eigenvalue weighted by molar-refractivity contribution is 0.0627. The minimum Gasteiger partial charge on any atom is -0.493 e. The van der Waals surface area contributed by atoms with Crippen LogP contribution in [-0.2, 0) is 16.6 Å². The van der Waals surface area contributed by atoms with Crippen molar-refractivity contribution in [3.05, 3.63) is 71.3 Å². The Balaban J connectivity index is 1.38. The lowest BCUT2D eigenvalue weighted by atomic mass is 10.1. The molecule has 0 aliphatic carbocycles. The molecule has 0 bridgehead atoms. The lowest BCUT2D eigenvalue weighted by Crippen LogP contribution is -2.48. The van der Waals surface area contributed by atoms with Crippen molar-refractivity contribution >= 4 is 33.5 Å². The molecule has 4 rings (SSSR count). The molecule has 1 aliphatic heterocycles. The Morgan fingerprint density at radius 2 is 1.61 bits per heavy atom. The number of para-hydroxylation sites is 1. The third-order valence-electron chi connectivity index (χ3n) is 6.97. The first-order valence-electron chi connectivity index (χ1n) is 13.2. The van der Waals surface area contributed by atoms with Crippen molar-refractivity contribution in [1.82, 2.24) is 9.80 Å². The second kappa shape index (κ2) is 13.0. The van der Waals surface area contributed by atoms with Gasteiger partial charge < -0.3 is 19.1 Å². The topological polar surface area (TPSA) is 110 Å². The van der Waals surface area contributed by atoms with Crippen LogP contribution in [0.4, 0.5) is 11.4 Å². The largest absolute Gasteiger partial charge is 0.493 e. The van der Waals surface area contributed by atoms with Crippen LogP contribution in [0.3, 0.4) is 0 Å². The number of carbonyl (C=O) groups is 1. The first-order valence-corrected chi connectivity index (χ1v) is 14.7. The van der Waals surface area contributed by atoms with Crippen molar-refractivity contribution in [3.8, 4) is 17.2 Å². The first-order chi connectivity index (χ1) is 19.7. The summed E-state index contributed by atoms with van der Waals surface area (Å²) in [5.41, 5.74) is 2.99. The zero-order valence-electron chi connectivity index (χ0n) is 24.0. The maximum absolute atomic E-state index is 13.2. The number of rotatable bonds is 10. The van der Waals surface area contributed by atoms with Crippen LogP contribution in [0.15, 0.2) is 64.5 Å². The van der Waals surface area contributed by atoms with E-state index in [2.05, 4.69) is 14.6 Å². The van der Waals surface area contributed by atoms with E-state index in [0.29, 0.717) is 66.9 Å². The highest BCUT2D eigenvalue weighted by atomic mass is 32.2. The normalized spacial score (nSPS) is 14.2. The molecule has 1 heterocycles. The molecule has 3 aromatic carbocycles. The van der Waals surface area contributed by atoms with Gasteiger partial charge in [0.1, 0.15) is 4.90 Å². The van der Waals surface area contributed by atoms with Crippen molar-refractivity contribution in [2.24, 2.45) is 4.99 Å². The van der Waals surface area contributed by atoms with Crippen molar-refractivity contribution < 1.29 is 27.4 Å². The predicted octanol–water partition coefficient (Wildman–Crippen LogP) is 4.50. The highest BCUT2D eigenvalue weighted by Gasteiger charge is 2.25. The fraction of sp³-hybridized carbons (Fsp3) is 0.333. The summed E-state index contributed by atoms with van der Waals surface area (Å²) in [6.07, 6.45) is 1.56. The number of carbonyl (C=O) groups excluding carboxylic acids is 1. The summed E-state index contributed by atoms with van der Waals surface area (Å²) in [6, 6.07) is 15.3. The molecule has 1 N–H and O–H groups in total. The van der Waals surface area contributed by atoms with Crippen LogP contribution in [0, 0.1) is 6.92 Å². The van der Waals surface area contributed by atoms with E-state index in [1.165, 1.54) is 6.07 Å². The molecule has 0 spiro atoms. The number of aliphatic imine (C=N–C) groups is 1. The van der Waals surface area contributed by atoms with Crippen LogP contribution in [0.5, 0.6) is 17.2 Å². The first kappa shape index (κ1) is 29.9. The molecule has 1 aliphatic rings. The third-order valence-corrected chi connectivity index (χ3v) is 8.38. The summed E-state index contributed by atoms with van der Waals surface area (Å²) in [5.74, 6) is 1.70. The molecule has 1 saturated heterocycles. The molecule has 0 unspecified atom stereocenters. The average molecular weight is 581 g/mol. The quantitative estimate of drug-likeness (QED) is 0.352. The Morgan fingerprint density at radius 1 is 0.927 bits per heavy atom. The van der Waals surface area contributed by atoms with Crippen molar-refractivity contribution in [3.63, 3.8) is 0 Å². The molecule has 3 aromatic rings. The molecule has 1 fully saturated rings. The smallest absolute Gasteiger partial charge is 0.264 e. The molecule has 11 heteroatoms. The second-order valence-corrected chi connectivity index (χ2v) is 11.2. The van der Waals surface area contributed by atoms with E-state index in [9.17, 15) is 13.2 Å². The van der Waals surface area contributed by atoms with Gasteiger partial charge in [-0.25, -0.2) is 8.42 Å². The molecule has 10 nitrogen and oxygen atoms in total. The monoisotopic (exact) mass is 580 g/mol. The number of sulfonamides is 1. The summed E-state index contributed by atoms with van der Waals surface area (Å²) < 4.78 is 45.3. The number of aryl methyl sites for hydroxylation is 1. The third kappa shape index (κ3) is 6.63. The Labute approximate surface area is 241 Å². The fourth-order valence-electron chi connectivity index (χ4n) is 4.85. The van der Waals surface area contributed by atoms with Gasteiger partial charge in [0.2, 0.25) is 5.75 Å². The number of anilines is 1. The molecule has 41 heavy (non-hydrogen) atoms. The number of benzene rings is 3. The fourth-order valence-corrected chi connectivity index (χ4v) is 6.14. The summed E-state index contributed by atoms with van der Waals surface area (Å²) in [6.45, 7) is 6.72. The molecule has 218 valence electrons. The maximum Gasteiger partial charge on any atom is 0.264 e. The number of hydrogen-bond acceptors (Lipinski definition) is 8. The average Bonchev–Trinajstić information content (AvgIpc) is 2.98. The van der Waals surface area contributed by atoms with Crippen molar-refractivity contribution in [2.45, 2.75) is 25.3 Å². The SMILES string of the molecule is C/C=N\c1c(C)cccc1S(=O)(=O)Nc1ccc(C(=O)N2CCN(Cc3ccc(OC)c(OC)c3OC)CC2)cc1. The predicted molar refractivity (Wildman–Crippen MR) is 160 cm³/mol. The van der Waals surface area contributed by atoms with Gasteiger partial charge in [-0.15, -0.1) is 0 Å². The van der Waals surface area contributed by atoms with Gasteiger partial charge in [-0.2, -0.15) is 0 Å². The highest BCUT2D eigenvalue weighted by molar-refractivity contribution is 7.92. The van der Waals surface area contributed by atoms with E-state index >= 15 is 0 Å². The number of methoxy groups -OCH3 is 3. The van der Waals surface area contributed by atoms with E-state index in [1.54, 1.807) is 64.8 Å². The van der Waals surface area contributed by atoms with Gasteiger partial charge in [0, 0.05) is 55.8 Å². The zero-order chi connectivity index (χ0) is 29.6. The van der Waals surface area contributed by atoms with E-state index in [0.717, 1.165) is 11.1 Å². The number of amides is 1. The van der Waals surface area contributed by atoms with Gasteiger partial charge in [0.15, 0.2) is 11.5 Å². The van der Waals surface area contributed by atoms with Crippen LogP contribution < -0.4 is 18.9 Å². The van der Waals surface area contributed by atoms with E-state index in [4.69, 9.17) is 14.2 Å².